The maximum atomic E-state index is 15.3. The molecule has 2 atom stereocenters. The summed E-state index contributed by atoms with van der Waals surface area (Å²) in [4.78, 5) is 4.36. The van der Waals surface area contributed by atoms with Crippen LogP contribution in [-0.4, -0.2) is 29.0 Å². The van der Waals surface area contributed by atoms with Crippen molar-refractivity contribution < 1.29 is 24.1 Å². The van der Waals surface area contributed by atoms with Crippen LogP contribution in [0.2, 0.25) is 0 Å². The Bertz CT molecular complexity index is 2580. The molecule has 0 fully saturated rings. The zero-order valence-corrected chi connectivity index (χ0v) is 49.7. The number of hydrogen-bond donors (Lipinski definition) is 2. The molecule has 0 heterocycles. The Hall–Kier alpha value is -4.16. The van der Waals surface area contributed by atoms with E-state index in [1.54, 1.807) is 0 Å². The van der Waals surface area contributed by atoms with E-state index >= 15 is 8.42 Å². The van der Waals surface area contributed by atoms with Crippen LogP contribution in [-0.2, 0) is 59.3 Å². The number of rotatable bonds is 11. The predicted molar refractivity (Wildman–Crippen MR) is 308 cm³/mol. The van der Waals surface area contributed by atoms with Gasteiger partial charge in [-0.25, -0.2) is 9.11 Å². The third-order valence-electron chi connectivity index (χ3n) is 13.3. The van der Waals surface area contributed by atoms with E-state index in [9.17, 15) is 9.11 Å². The summed E-state index contributed by atoms with van der Waals surface area (Å²) in [5.41, 5.74) is 5.72. The predicted octanol–water partition coefficient (Wildman–Crippen LogP) is 17.8. The molecular weight excluding hydrogens is 969 g/mol. The molecule has 0 aliphatic rings. The van der Waals surface area contributed by atoms with E-state index in [2.05, 4.69) is 197 Å². The molecule has 2 N–H and O–H groups in total. The molecular formula is C62H84O6S4+2. The third-order valence-corrected chi connectivity index (χ3v) is 24.0. The van der Waals surface area contributed by atoms with Gasteiger partial charge in [-0.2, -0.15) is 0 Å². The van der Waals surface area contributed by atoms with E-state index in [1.165, 1.54) is 0 Å². The zero-order valence-electron chi connectivity index (χ0n) is 46.4. The van der Waals surface area contributed by atoms with Crippen LogP contribution in [0, 0.1) is 0 Å². The van der Waals surface area contributed by atoms with E-state index in [1.807, 2.05) is 72.8 Å². The van der Waals surface area contributed by atoms with Gasteiger partial charge in [0.05, 0.1) is 29.4 Å². The van der Waals surface area contributed by atoms with E-state index in [4.69, 9.17) is 6.57 Å². The third kappa shape index (κ3) is 12.8. The van der Waals surface area contributed by atoms with Crippen LogP contribution in [0.15, 0.2) is 175 Å². The van der Waals surface area contributed by atoms with Gasteiger partial charge in [-0.05, 0) is 139 Å². The minimum atomic E-state index is -4.37. The second-order valence-corrected chi connectivity index (χ2v) is 34.8. The molecule has 0 amide bonds. The molecule has 2 unspecified atom stereocenters. The lowest BCUT2D eigenvalue weighted by molar-refractivity contribution is 0.345. The molecule has 0 bridgehead atoms. The second kappa shape index (κ2) is 20.2. The van der Waals surface area contributed by atoms with Gasteiger partial charge in [-0.3, -0.25) is 0 Å². The topological polar surface area (TPSA) is 97.2 Å². The molecule has 6 nitrogen and oxygen atoms in total. The highest BCUT2D eigenvalue weighted by Crippen LogP contribution is 2.69. The summed E-state index contributed by atoms with van der Waals surface area (Å²) in [5.74, 6) is -1.36. The average molecular weight is 1050 g/mol. The van der Waals surface area contributed by atoms with Crippen LogP contribution >= 0.6 is 20.6 Å². The average Bonchev–Trinajstić information content (AvgIpc) is 3.28. The Labute approximate surface area is 439 Å². The molecule has 0 spiro atoms. The molecule has 0 radical (unpaired) electrons. The van der Waals surface area contributed by atoms with Gasteiger partial charge in [0.15, 0.2) is 20.6 Å². The molecule has 0 saturated carbocycles. The van der Waals surface area contributed by atoms with Crippen molar-refractivity contribution in [2.24, 2.45) is 0 Å². The molecule has 0 aliphatic carbocycles. The lowest BCUT2D eigenvalue weighted by Crippen LogP contribution is -2.21. The lowest BCUT2D eigenvalue weighted by Gasteiger charge is -2.29. The van der Waals surface area contributed by atoms with Gasteiger partial charge in [0.25, 0.3) is 0 Å². The maximum Gasteiger partial charge on any atom is 0.424 e. The smallest absolute Gasteiger partial charge is 0.245 e. The maximum absolute atomic E-state index is 15.3. The Morgan fingerprint density at radius 3 is 0.514 bits per heavy atom. The standard InChI is InChI=1S/C62H82O6S4/c1-57(2,3)45-19-31-51(32-20-45)71(52-33-21-46(22-34-52)58(4,5)6,53-35-23-47(24-36-53)59(7,8)9)67-69(63,64)43-44-70(65,66)68-72(54-37-25-48(26-38-54)60(10,11)12,55-39-27-49(28-40-55)61(13,14)15)56-41-29-50(30-42-56)62(16,17)18/h19-42H,43-44H2,1-18H3/p+2. The van der Waals surface area contributed by atoms with Crippen molar-refractivity contribution in [3.63, 3.8) is 0 Å². The van der Waals surface area contributed by atoms with Gasteiger partial charge < -0.3 is 0 Å². The van der Waals surface area contributed by atoms with Crippen LogP contribution < -0.4 is 0 Å². The summed E-state index contributed by atoms with van der Waals surface area (Å²) in [5, 5.41) is 0. The fourth-order valence-corrected chi connectivity index (χ4v) is 19.9. The monoisotopic (exact) mass is 1050 g/mol. The van der Waals surface area contributed by atoms with Crippen LogP contribution in [0.3, 0.4) is 0 Å². The first-order valence-corrected chi connectivity index (χ1v) is 31.4. The van der Waals surface area contributed by atoms with E-state index in [0.717, 1.165) is 62.8 Å². The SMILES string of the molecule is CC(C)(C)c1ccc(S([O+]=S(=O)(O)CCS(=O)(O)=[O+]S(c2ccc(C(C)(C)C)cc2)(c2ccc(C(C)(C)C)cc2)c2ccc(C(C)(C)C)cc2)(c2ccc(C(C)(C)C)cc2)c2ccc(C(C)(C)C)cc2)cc1. The summed E-state index contributed by atoms with van der Waals surface area (Å²) in [6.45, 7) is 38.8. The molecule has 6 aromatic carbocycles. The van der Waals surface area contributed by atoms with Gasteiger partial charge in [0.1, 0.15) is 11.5 Å². The van der Waals surface area contributed by atoms with Crippen molar-refractivity contribution in [3.8, 4) is 0 Å². The van der Waals surface area contributed by atoms with Crippen LogP contribution in [0.1, 0.15) is 158 Å². The largest absolute Gasteiger partial charge is 0.424 e. The molecule has 390 valence electrons. The highest BCUT2D eigenvalue weighted by Gasteiger charge is 2.49. The Kier molecular flexibility index (Phi) is 16.0. The van der Waals surface area contributed by atoms with Crippen molar-refractivity contribution in [1.82, 2.24) is 0 Å². The summed E-state index contributed by atoms with van der Waals surface area (Å²) < 4.78 is 69.4. The fraction of sp³-hybridized carbons (Fsp3) is 0.419. The quantitative estimate of drug-likeness (QED) is 0.0998. The minimum absolute atomic E-state index is 0.152. The minimum Gasteiger partial charge on any atom is -0.245 e. The molecule has 0 saturated heterocycles. The summed E-state index contributed by atoms with van der Waals surface area (Å²) >= 11 is 0. The van der Waals surface area contributed by atoms with Crippen molar-refractivity contribution in [2.75, 3.05) is 11.5 Å². The number of hydrogen-bond acceptors (Lipinski definition) is 2. The second-order valence-electron chi connectivity index (χ2n) is 25.5. The molecule has 0 aromatic heterocycles. The summed E-state index contributed by atoms with van der Waals surface area (Å²) in [6, 6.07) is 49.0. The molecule has 72 heavy (non-hydrogen) atoms. The zero-order chi connectivity index (χ0) is 53.7. The van der Waals surface area contributed by atoms with Crippen LogP contribution in [0.25, 0.3) is 0 Å². The van der Waals surface area contributed by atoms with Gasteiger partial charge >= 0.3 is 20.2 Å². The van der Waals surface area contributed by atoms with Gasteiger partial charge in [0.2, 0.25) is 0 Å². The van der Waals surface area contributed by atoms with E-state index < -0.39 is 52.4 Å². The molecule has 10 heteroatoms. The first-order valence-electron chi connectivity index (χ1n) is 25.1. The van der Waals surface area contributed by atoms with Gasteiger partial charge in [-0.15, -0.1) is 15.0 Å². The van der Waals surface area contributed by atoms with Crippen LogP contribution in [0.5, 0.6) is 0 Å². The first kappa shape index (κ1) is 57.1. The van der Waals surface area contributed by atoms with Crippen molar-refractivity contribution in [3.05, 3.63) is 179 Å². The van der Waals surface area contributed by atoms with Crippen LogP contribution in [0.4, 0.5) is 0 Å². The van der Waals surface area contributed by atoms with Gasteiger partial charge in [0, 0.05) is 0 Å². The Morgan fingerprint density at radius 2 is 0.403 bits per heavy atom. The molecule has 6 rings (SSSR count). The van der Waals surface area contributed by atoms with Gasteiger partial charge in [-0.1, -0.05) is 197 Å². The highest BCUT2D eigenvalue weighted by molar-refractivity contribution is 8.31. The normalized spacial score (nSPS) is 15.6. The van der Waals surface area contributed by atoms with Crippen molar-refractivity contribution in [1.29, 1.82) is 0 Å². The highest BCUT2D eigenvalue weighted by atomic mass is 32.3. The Morgan fingerprint density at radius 1 is 0.278 bits per heavy atom. The molecule has 6 aromatic rings. The van der Waals surface area contributed by atoms with E-state index in [-0.39, 0.29) is 32.5 Å². The summed E-state index contributed by atoms with van der Waals surface area (Å²) in [7, 11) is -14.7. The molecule has 0 aliphatic heterocycles. The Balaban J connectivity index is 1.63. The lowest BCUT2D eigenvalue weighted by atomic mass is 9.87. The fourth-order valence-electron chi connectivity index (χ4n) is 8.53. The van der Waals surface area contributed by atoms with E-state index in [0.29, 0.717) is 0 Å². The number of benzene rings is 6. The van der Waals surface area contributed by atoms with Crippen molar-refractivity contribution >= 4 is 40.9 Å². The summed E-state index contributed by atoms with van der Waals surface area (Å²) in [6.07, 6.45) is 0. The van der Waals surface area contributed by atoms with Crippen molar-refractivity contribution in [2.45, 2.75) is 186 Å². The first-order chi connectivity index (χ1) is 32.9.